The lowest BCUT2D eigenvalue weighted by molar-refractivity contribution is -0.652. The molecule has 0 fully saturated rings. The van der Waals surface area contributed by atoms with E-state index in [1.54, 1.807) is 0 Å². The van der Waals surface area contributed by atoms with Crippen LogP contribution in [0.5, 0.6) is 0 Å². The van der Waals surface area contributed by atoms with Crippen LogP contribution in [0.25, 0.3) is 17.2 Å². The number of allylic oxidation sites excluding steroid dienone is 5. The van der Waals surface area contributed by atoms with Crippen LogP contribution in [0.15, 0.2) is 57.9 Å². The van der Waals surface area contributed by atoms with Crippen LogP contribution >= 0.6 is 0 Å². The lowest BCUT2D eigenvalue weighted by atomic mass is 10.1. The number of nitrogens with zero attached hydrogens (tertiary/aromatic N) is 1. The second-order valence-corrected chi connectivity index (χ2v) is 4.72. The van der Waals surface area contributed by atoms with Gasteiger partial charge >= 0.3 is 5.89 Å². The lowest BCUT2D eigenvalue weighted by Crippen LogP contribution is -2.29. The zero-order valence-electron chi connectivity index (χ0n) is 11.3. The van der Waals surface area contributed by atoms with E-state index in [0.717, 1.165) is 34.1 Å². The van der Waals surface area contributed by atoms with Crippen LogP contribution in [0.3, 0.4) is 0 Å². The van der Waals surface area contributed by atoms with Gasteiger partial charge in [0.2, 0.25) is 5.58 Å². The number of oxazole rings is 1. The number of aromatic nitrogens is 1. The van der Waals surface area contributed by atoms with E-state index >= 15 is 0 Å². The maximum atomic E-state index is 5.86. The summed E-state index contributed by atoms with van der Waals surface area (Å²) in [4.78, 5) is 0. The Morgan fingerprint density at radius 2 is 1.74 bits per heavy atom. The van der Waals surface area contributed by atoms with Crippen molar-refractivity contribution in [1.29, 1.82) is 0 Å². The van der Waals surface area contributed by atoms with E-state index < -0.39 is 0 Å². The van der Waals surface area contributed by atoms with E-state index in [2.05, 4.69) is 0 Å². The average Bonchev–Trinajstić information content (AvgIpc) is 2.66. The van der Waals surface area contributed by atoms with Gasteiger partial charge in [-0.3, -0.25) is 0 Å². The van der Waals surface area contributed by atoms with Crippen LogP contribution in [0.1, 0.15) is 19.7 Å². The van der Waals surface area contributed by atoms with Crippen molar-refractivity contribution in [3.05, 3.63) is 59.4 Å². The van der Waals surface area contributed by atoms with Crippen LogP contribution in [-0.4, -0.2) is 0 Å². The third kappa shape index (κ3) is 2.19. The Balaban J connectivity index is 2.10. The van der Waals surface area contributed by atoms with Gasteiger partial charge in [0.25, 0.3) is 5.52 Å². The molecule has 1 aromatic carbocycles. The van der Waals surface area contributed by atoms with E-state index in [-0.39, 0.29) is 0 Å². The van der Waals surface area contributed by atoms with E-state index in [0.29, 0.717) is 0 Å². The number of rotatable bonds is 1. The molecule has 2 heterocycles. The van der Waals surface area contributed by atoms with E-state index in [1.807, 2.05) is 68.0 Å². The Bertz CT molecular complexity index is 712. The first-order chi connectivity index (χ1) is 9.13. The summed E-state index contributed by atoms with van der Waals surface area (Å²) in [6.07, 6.45) is 6.02. The molecule has 0 spiro atoms. The summed E-state index contributed by atoms with van der Waals surface area (Å²) in [5, 5.41) is 0. The summed E-state index contributed by atoms with van der Waals surface area (Å²) in [5.41, 5.74) is 3.06. The lowest BCUT2D eigenvalue weighted by Gasteiger charge is -2.11. The van der Waals surface area contributed by atoms with Gasteiger partial charge < -0.3 is 9.15 Å². The summed E-state index contributed by atoms with van der Waals surface area (Å²) in [7, 11) is 2.00. The average molecular weight is 254 g/mol. The summed E-state index contributed by atoms with van der Waals surface area (Å²) in [6, 6.07) is 8.01. The molecule has 1 aliphatic rings. The Morgan fingerprint density at radius 1 is 1.05 bits per heavy atom. The summed E-state index contributed by atoms with van der Waals surface area (Å²) in [5.74, 6) is 2.61. The number of benzene rings is 1. The molecule has 0 atom stereocenters. The summed E-state index contributed by atoms with van der Waals surface area (Å²) >= 11 is 0. The molecular formula is C16H16NO2+. The normalized spacial score (nSPS) is 15.0. The molecule has 0 N–H and O–H groups in total. The third-order valence-corrected chi connectivity index (χ3v) is 3.12. The van der Waals surface area contributed by atoms with Crippen molar-refractivity contribution in [1.82, 2.24) is 0 Å². The second-order valence-electron chi connectivity index (χ2n) is 4.72. The van der Waals surface area contributed by atoms with Crippen molar-refractivity contribution in [3.8, 4) is 0 Å². The smallest absolute Gasteiger partial charge is 0.374 e. The topological polar surface area (TPSA) is 26.2 Å². The van der Waals surface area contributed by atoms with Gasteiger partial charge in [0.15, 0.2) is 0 Å². The van der Waals surface area contributed by atoms with Crippen molar-refractivity contribution in [3.63, 3.8) is 0 Å². The van der Waals surface area contributed by atoms with Gasteiger partial charge in [0.05, 0.1) is 6.08 Å². The van der Waals surface area contributed by atoms with Gasteiger partial charge in [0, 0.05) is 6.07 Å². The molecule has 0 radical (unpaired) electrons. The number of para-hydroxylation sites is 2. The monoisotopic (exact) mass is 254 g/mol. The van der Waals surface area contributed by atoms with Gasteiger partial charge in [0.1, 0.15) is 18.6 Å². The molecule has 3 rings (SSSR count). The Hall–Kier alpha value is -2.29. The molecule has 2 aromatic rings. The largest absolute Gasteiger partial charge is 0.467 e. The van der Waals surface area contributed by atoms with Gasteiger partial charge in [-0.05, 0) is 37.6 Å². The van der Waals surface area contributed by atoms with Crippen LogP contribution in [0.4, 0.5) is 0 Å². The SMILES string of the molecule is CC1=CC(=Cc2oc3ccccc3[n+]2C)C=C(C)O1. The van der Waals surface area contributed by atoms with E-state index in [4.69, 9.17) is 9.15 Å². The highest BCUT2D eigenvalue weighted by Gasteiger charge is 2.17. The highest BCUT2D eigenvalue weighted by molar-refractivity contribution is 5.70. The summed E-state index contributed by atoms with van der Waals surface area (Å²) < 4.78 is 13.4. The minimum absolute atomic E-state index is 0.825. The van der Waals surface area contributed by atoms with Crippen molar-refractivity contribution < 1.29 is 13.7 Å². The molecule has 0 unspecified atom stereocenters. The molecule has 19 heavy (non-hydrogen) atoms. The molecule has 0 saturated heterocycles. The van der Waals surface area contributed by atoms with Crippen molar-refractivity contribution in [2.24, 2.45) is 7.05 Å². The second kappa shape index (κ2) is 4.43. The molecule has 0 amide bonds. The molecule has 1 aliphatic heterocycles. The first kappa shape index (κ1) is 11.8. The number of ether oxygens (including phenoxy) is 1. The number of aryl methyl sites for hydroxylation is 1. The molecule has 3 nitrogen and oxygen atoms in total. The Morgan fingerprint density at radius 3 is 2.42 bits per heavy atom. The number of hydrogen-bond acceptors (Lipinski definition) is 2. The highest BCUT2D eigenvalue weighted by Crippen LogP contribution is 2.21. The first-order valence-electron chi connectivity index (χ1n) is 6.27. The Kier molecular flexibility index (Phi) is 2.75. The van der Waals surface area contributed by atoms with E-state index in [9.17, 15) is 0 Å². The van der Waals surface area contributed by atoms with Crippen LogP contribution in [-0.2, 0) is 11.8 Å². The van der Waals surface area contributed by atoms with Crippen LogP contribution in [0.2, 0.25) is 0 Å². The molecule has 96 valence electrons. The van der Waals surface area contributed by atoms with Gasteiger partial charge in [-0.1, -0.05) is 12.1 Å². The standard InChI is InChI=1S/C16H16NO2/c1-11-8-13(9-12(2)18-11)10-16-17(3)14-6-4-5-7-15(14)19-16/h4-10H,1-3H3/q+1. The first-order valence-corrected chi connectivity index (χ1v) is 6.27. The Labute approximate surface area is 112 Å². The predicted octanol–water partition coefficient (Wildman–Crippen LogP) is 3.48. The van der Waals surface area contributed by atoms with Gasteiger partial charge in [-0.25, -0.2) is 0 Å². The van der Waals surface area contributed by atoms with Crippen LogP contribution in [0, 0.1) is 0 Å². The van der Waals surface area contributed by atoms with Gasteiger partial charge in [-0.15, -0.1) is 0 Å². The molecule has 0 saturated carbocycles. The van der Waals surface area contributed by atoms with Crippen molar-refractivity contribution in [2.75, 3.05) is 0 Å². The predicted molar refractivity (Wildman–Crippen MR) is 74.0 cm³/mol. The minimum atomic E-state index is 0.825. The zero-order chi connectivity index (χ0) is 13.4. The maximum absolute atomic E-state index is 5.86. The van der Waals surface area contributed by atoms with E-state index in [1.165, 1.54) is 0 Å². The molecule has 1 aromatic heterocycles. The number of hydrogen-bond donors (Lipinski definition) is 0. The van der Waals surface area contributed by atoms with Gasteiger partial charge in [-0.2, -0.15) is 4.57 Å². The van der Waals surface area contributed by atoms with Crippen LogP contribution < -0.4 is 4.57 Å². The molecule has 3 heteroatoms. The molecule has 0 bridgehead atoms. The fourth-order valence-corrected chi connectivity index (χ4v) is 2.30. The van der Waals surface area contributed by atoms with Crippen molar-refractivity contribution in [2.45, 2.75) is 13.8 Å². The minimum Gasteiger partial charge on any atom is -0.467 e. The fourth-order valence-electron chi connectivity index (χ4n) is 2.30. The fraction of sp³-hybridized carbons (Fsp3) is 0.188. The summed E-state index contributed by atoms with van der Waals surface area (Å²) in [6.45, 7) is 3.89. The molecule has 0 aliphatic carbocycles. The molecular weight excluding hydrogens is 238 g/mol. The highest BCUT2D eigenvalue weighted by atomic mass is 16.5. The maximum Gasteiger partial charge on any atom is 0.374 e. The van der Waals surface area contributed by atoms with Crippen molar-refractivity contribution >= 4 is 17.2 Å². The zero-order valence-corrected chi connectivity index (χ0v) is 11.3. The number of fused-ring (bicyclic) bond motifs is 1. The third-order valence-electron chi connectivity index (χ3n) is 3.12. The quantitative estimate of drug-likeness (QED) is 0.728.